The number of aromatic nitrogens is 2. The van der Waals surface area contributed by atoms with Gasteiger partial charge in [-0.15, -0.1) is 0 Å². The Morgan fingerprint density at radius 2 is 1.70 bits per heavy atom. The van der Waals surface area contributed by atoms with Crippen molar-refractivity contribution >= 4 is 39.9 Å². The molecule has 0 aliphatic rings. The lowest BCUT2D eigenvalue weighted by Crippen LogP contribution is -1.95. The third kappa shape index (κ3) is 2.09. The van der Waals surface area contributed by atoms with Crippen molar-refractivity contribution in [3.63, 3.8) is 0 Å². The molecule has 1 aromatic heterocycles. The highest BCUT2D eigenvalue weighted by molar-refractivity contribution is 6.42. The second-order valence-corrected chi connectivity index (χ2v) is 5.04. The van der Waals surface area contributed by atoms with Crippen LogP contribution in [0.3, 0.4) is 0 Å². The topological polar surface area (TPSA) is 54.7 Å². The van der Waals surface area contributed by atoms with Gasteiger partial charge in [-0.25, -0.2) is 13.8 Å². The van der Waals surface area contributed by atoms with Crippen molar-refractivity contribution in [1.29, 1.82) is 0 Å². The van der Waals surface area contributed by atoms with Crippen LogP contribution in [0.5, 0.6) is 0 Å². The fourth-order valence-corrected chi connectivity index (χ4v) is 2.20. The van der Waals surface area contributed by atoms with Crippen LogP contribution in [0.4, 0.5) is 14.5 Å². The molecule has 3 rings (SSSR count). The molecule has 3 aromatic rings. The second-order valence-electron chi connectivity index (χ2n) is 4.22. The van der Waals surface area contributed by atoms with Gasteiger partial charge in [0, 0.05) is 6.07 Å². The quantitative estimate of drug-likeness (QED) is 0.654. The Kier molecular flexibility index (Phi) is 3.03. The molecule has 0 saturated carbocycles. The summed E-state index contributed by atoms with van der Waals surface area (Å²) >= 11 is 11.8. The largest absolute Gasteiger partial charge is 0.396 e. The third-order valence-corrected chi connectivity index (χ3v) is 3.59. The lowest BCUT2D eigenvalue weighted by molar-refractivity contribution is 0.588. The molecule has 0 aliphatic carbocycles. The van der Waals surface area contributed by atoms with E-state index < -0.39 is 11.6 Å². The van der Waals surface area contributed by atoms with Crippen molar-refractivity contribution in [1.82, 2.24) is 9.97 Å². The fraction of sp³-hybridized carbons (Fsp3) is 0. The molecule has 3 N–H and O–H groups in total. The van der Waals surface area contributed by atoms with Gasteiger partial charge in [0.15, 0.2) is 0 Å². The second kappa shape index (κ2) is 4.61. The molecule has 102 valence electrons. The summed E-state index contributed by atoms with van der Waals surface area (Å²) in [5.74, 6) is -1.34. The van der Waals surface area contributed by atoms with Gasteiger partial charge in [0.2, 0.25) is 0 Å². The SMILES string of the molecule is Nc1cc(-c2nc3cc(Cl)c(Cl)cc3[nH]2)c(F)cc1F. The summed E-state index contributed by atoms with van der Waals surface area (Å²) < 4.78 is 27.0. The van der Waals surface area contributed by atoms with Crippen molar-refractivity contribution in [2.45, 2.75) is 0 Å². The number of nitrogens with zero attached hydrogens (tertiary/aromatic N) is 1. The minimum Gasteiger partial charge on any atom is -0.396 e. The number of nitrogen functional groups attached to an aromatic ring is 1. The number of H-pyrrole nitrogens is 1. The third-order valence-electron chi connectivity index (χ3n) is 2.87. The van der Waals surface area contributed by atoms with Crippen LogP contribution in [0.15, 0.2) is 24.3 Å². The first-order chi connectivity index (χ1) is 9.45. The monoisotopic (exact) mass is 313 g/mol. The van der Waals surface area contributed by atoms with Crippen molar-refractivity contribution in [3.05, 3.63) is 45.9 Å². The number of nitrogens with one attached hydrogen (secondary N) is 1. The molecular weight excluding hydrogens is 307 g/mol. The average molecular weight is 314 g/mol. The molecule has 1 heterocycles. The van der Waals surface area contributed by atoms with Crippen LogP contribution in [-0.4, -0.2) is 9.97 Å². The van der Waals surface area contributed by atoms with E-state index in [1.54, 1.807) is 12.1 Å². The van der Waals surface area contributed by atoms with Crippen LogP contribution in [0.2, 0.25) is 10.0 Å². The molecule has 3 nitrogen and oxygen atoms in total. The summed E-state index contributed by atoms with van der Waals surface area (Å²) in [6, 6.07) is 5.05. The predicted octanol–water partition coefficient (Wildman–Crippen LogP) is 4.40. The summed E-state index contributed by atoms with van der Waals surface area (Å²) in [6.45, 7) is 0. The van der Waals surface area contributed by atoms with Crippen LogP contribution in [0.1, 0.15) is 0 Å². The lowest BCUT2D eigenvalue weighted by Gasteiger charge is -2.02. The normalized spacial score (nSPS) is 11.2. The zero-order valence-corrected chi connectivity index (χ0v) is 11.4. The van der Waals surface area contributed by atoms with Crippen molar-refractivity contribution in [3.8, 4) is 11.4 Å². The van der Waals surface area contributed by atoms with E-state index in [2.05, 4.69) is 9.97 Å². The number of anilines is 1. The van der Waals surface area contributed by atoms with Gasteiger partial charge in [0.1, 0.15) is 17.5 Å². The zero-order chi connectivity index (χ0) is 14.4. The van der Waals surface area contributed by atoms with Gasteiger partial charge in [-0.1, -0.05) is 23.2 Å². The minimum atomic E-state index is -0.812. The van der Waals surface area contributed by atoms with Gasteiger partial charge in [-0.3, -0.25) is 0 Å². The standard InChI is InChI=1S/C13H7Cl2F2N3/c14-6-2-11-12(3-7(6)15)20-13(19-11)5-1-10(18)9(17)4-8(5)16/h1-4H,18H2,(H,19,20). The number of nitrogens with two attached hydrogens (primary N) is 1. The molecular formula is C13H7Cl2F2N3. The molecule has 0 saturated heterocycles. The highest BCUT2D eigenvalue weighted by atomic mass is 35.5. The minimum absolute atomic E-state index is 0.0762. The molecule has 7 heteroatoms. The summed E-state index contributed by atoms with van der Waals surface area (Å²) in [7, 11) is 0. The Morgan fingerprint density at radius 1 is 1.00 bits per heavy atom. The van der Waals surface area contributed by atoms with E-state index in [4.69, 9.17) is 28.9 Å². The van der Waals surface area contributed by atoms with E-state index in [1.165, 1.54) is 6.07 Å². The number of imidazole rings is 1. The Balaban J connectivity index is 2.22. The van der Waals surface area contributed by atoms with Gasteiger partial charge in [0.25, 0.3) is 0 Å². The summed E-state index contributed by atoms with van der Waals surface area (Å²) in [5.41, 5.74) is 6.48. The molecule has 0 aliphatic heterocycles. The van der Waals surface area contributed by atoms with E-state index in [-0.39, 0.29) is 17.1 Å². The average Bonchev–Trinajstić information content (AvgIpc) is 2.77. The van der Waals surface area contributed by atoms with Crippen LogP contribution in [0, 0.1) is 11.6 Å². The van der Waals surface area contributed by atoms with E-state index in [0.29, 0.717) is 21.1 Å². The predicted molar refractivity (Wildman–Crippen MR) is 75.9 cm³/mol. The highest BCUT2D eigenvalue weighted by Gasteiger charge is 2.14. The number of hydrogen-bond donors (Lipinski definition) is 2. The van der Waals surface area contributed by atoms with Crippen LogP contribution < -0.4 is 5.73 Å². The first-order valence-corrected chi connectivity index (χ1v) is 6.31. The Hall–Kier alpha value is -1.85. The number of halogens is 4. The molecule has 0 bridgehead atoms. The first-order valence-electron chi connectivity index (χ1n) is 5.55. The maximum atomic E-state index is 13.8. The molecule has 0 atom stereocenters. The molecule has 0 fully saturated rings. The smallest absolute Gasteiger partial charge is 0.149 e. The molecule has 20 heavy (non-hydrogen) atoms. The Bertz CT molecular complexity index is 791. The number of benzene rings is 2. The van der Waals surface area contributed by atoms with Crippen LogP contribution in [-0.2, 0) is 0 Å². The van der Waals surface area contributed by atoms with Crippen LogP contribution in [0.25, 0.3) is 22.4 Å². The molecule has 0 radical (unpaired) electrons. The Labute approximate surface area is 122 Å². The molecule has 0 amide bonds. The van der Waals surface area contributed by atoms with Crippen molar-refractivity contribution < 1.29 is 8.78 Å². The van der Waals surface area contributed by atoms with Gasteiger partial charge in [-0.2, -0.15) is 0 Å². The van der Waals surface area contributed by atoms with E-state index >= 15 is 0 Å². The van der Waals surface area contributed by atoms with Gasteiger partial charge in [0.05, 0.1) is 32.3 Å². The number of rotatable bonds is 1. The van der Waals surface area contributed by atoms with Crippen LogP contribution >= 0.6 is 23.2 Å². The van der Waals surface area contributed by atoms with E-state index in [0.717, 1.165) is 6.07 Å². The van der Waals surface area contributed by atoms with Gasteiger partial charge in [-0.05, 0) is 18.2 Å². The maximum absolute atomic E-state index is 13.8. The summed E-state index contributed by atoms with van der Waals surface area (Å²) in [6.07, 6.45) is 0. The van der Waals surface area contributed by atoms with Gasteiger partial charge >= 0.3 is 0 Å². The Morgan fingerprint density at radius 3 is 2.45 bits per heavy atom. The maximum Gasteiger partial charge on any atom is 0.149 e. The zero-order valence-electron chi connectivity index (χ0n) is 9.85. The fourth-order valence-electron chi connectivity index (χ4n) is 1.88. The number of fused-ring (bicyclic) bond motifs is 1. The van der Waals surface area contributed by atoms with Crippen molar-refractivity contribution in [2.24, 2.45) is 0 Å². The van der Waals surface area contributed by atoms with E-state index in [9.17, 15) is 8.78 Å². The summed E-state index contributed by atoms with van der Waals surface area (Å²) in [5, 5.41) is 0.699. The lowest BCUT2D eigenvalue weighted by atomic mass is 10.1. The number of aromatic amines is 1. The van der Waals surface area contributed by atoms with Gasteiger partial charge < -0.3 is 10.7 Å². The molecule has 0 spiro atoms. The van der Waals surface area contributed by atoms with E-state index in [1.807, 2.05) is 0 Å². The molecule has 2 aromatic carbocycles. The first kappa shape index (κ1) is 13.1. The summed E-state index contributed by atoms with van der Waals surface area (Å²) in [4.78, 5) is 7.10. The molecule has 0 unspecified atom stereocenters. The van der Waals surface area contributed by atoms with Crippen molar-refractivity contribution in [2.75, 3.05) is 5.73 Å². The highest BCUT2D eigenvalue weighted by Crippen LogP contribution is 2.30. The number of hydrogen-bond acceptors (Lipinski definition) is 2.